The number of ether oxygens (including phenoxy) is 2. The Balaban J connectivity index is 2.16. The van der Waals surface area contributed by atoms with Gasteiger partial charge in [-0.1, -0.05) is 35.0 Å². The Morgan fingerprint density at radius 3 is 2.21 bits per heavy atom. The summed E-state index contributed by atoms with van der Waals surface area (Å²) < 4.78 is 11.7. The summed E-state index contributed by atoms with van der Waals surface area (Å²) in [4.78, 5) is 26.8. The van der Waals surface area contributed by atoms with Crippen molar-refractivity contribution in [1.82, 2.24) is 10.2 Å². The Morgan fingerprint density at radius 1 is 1.07 bits per heavy atom. The number of benzene rings is 2. The second-order valence-corrected chi connectivity index (χ2v) is 7.07. The molecule has 0 heterocycles. The molecule has 7 heteroatoms. The van der Waals surface area contributed by atoms with Crippen LogP contribution in [0.5, 0.6) is 11.5 Å². The standard InChI is InChI=1S/C21H25BrN2O4/c1-4-19(21(26)23-2)24(13-15-5-9-17(27-3)10-6-15)20(25)14-28-18-11-7-16(22)8-12-18/h5-12,19H,4,13-14H2,1-3H3,(H,23,26). The summed E-state index contributed by atoms with van der Waals surface area (Å²) in [6.45, 7) is 2.04. The minimum absolute atomic E-state index is 0.148. The van der Waals surface area contributed by atoms with Crippen molar-refractivity contribution in [1.29, 1.82) is 0 Å². The van der Waals surface area contributed by atoms with Gasteiger partial charge in [-0.15, -0.1) is 0 Å². The molecule has 2 rings (SSSR count). The van der Waals surface area contributed by atoms with Crippen LogP contribution in [-0.4, -0.2) is 43.5 Å². The van der Waals surface area contributed by atoms with Gasteiger partial charge in [0.15, 0.2) is 6.61 Å². The van der Waals surface area contributed by atoms with Gasteiger partial charge in [-0.2, -0.15) is 0 Å². The average molecular weight is 449 g/mol. The third kappa shape index (κ3) is 5.99. The zero-order chi connectivity index (χ0) is 20.5. The molecule has 0 spiro atoms. The van der Waals surface area contributed by atoms with Crippen molar-refractivity contribution in [3.05, 3.63) is 58.6 Å². The molecule has 0 radical (unpaired) electrons. The monoisotopic (exact) mass is 448 g/mol. The molecule has 1 unspecified atom stereocenters. The molecule has 0 aliphatic heterocycles. The highest BCUT2D eigenvalue weighted by Gasteiger charge is 2.28. The van der Waals surface area contributed by atoms with Crippen LogP contribution < -0.4 is 14.8 Å². The molecule has 0 bridgehead atoms. The molecule has 0 saturated heterocycles. The molecule has 0 fully saturated rings. The van der Waals surface area contributed by atoms with E-state index in [9.17, 15) is 9.59 Å². The number of likely N-dealkylation sites (N-methyl/N-ethyl adjacent to an activating group) is 1. The van der Waals surface area contributed by atoms with Gasteiger partial charge in [0, 0.05) is 18.1 Å². The number of carbonyl (C=O) groups excluding carboxylic acids is 2. The van der Waals surface area contributed by atoms with Gasteiger partial charge in [0.2, 0.25) is 5.91 Å². The van der Waals surface area contributed by atoms with Gasteiger partial charge in [0.1, 0.15) is 17.5 Å². The van der Waals surface area contributed by atoms with Crippen LogP contribution in [-0.2, 0) is 16.1 Å². The highest BCUT2D eigenvalue weighted by atomic mass is 79.9. The van der Waals surface area contributed by atoms with Gasteiger partial charge < -0.3 is 19.7 Å². The zero-order valence-corrected chi connectivity index (χ0v) is 17.9. The number of rotatable bonds is 9. The quantitative estimate of drug-likeness (QED) is 0.638. The predicted molar refractivity (Wildman–Crippen MR) is 111 cm³/mol. The number of nitrogens with zero attached hydrogens (tertiary/aromatic N) is 1. The summed E-state index contributed by atoms with van der Waals surface area (Å²) in [5, 5.41) is 2.64. The SMILES string of the molecule is CCC(C(=O)NC)N(Cc1ccc(OC)cc1)C(=O)COc1ccc(Br)cc1. The van der Waals surface area contributed by atoms with Crippen LogP contribution in [0.1, 0.15) is 18.9 Å². The normalized spacial score (nSPS) is 11.4. The number of amides is 2. The first-order valence-corrected chi connectivity index (χ1v) is 9.80. The molecular weight excluding hydrogens is 424 g/mol. The molecule has 0 saturated carbocycles. The molecule has 1 N–H and O–H groups in total. The molecule has 1 atom stereocenters. The van der Waals surface area contributed by atoms with Crippen LogP contribution >= 0.6 is 15.9 Å². The first-order chi connectivity index (χ1) is 13.5. The topological polar surface area (TPSA) is 67.9 Å². The van der Waals surface area contributed by atoms with Crippen molar-refractivity contribution in [2.24, 2.45) is 0 Å². The molecule has 0 aromatic heterocycles. The molecule has 2 aromatic rings. The molecule has 0 aliphatic carbocycles. The fraction of sp³-hybridized carbons (Fsp3) is 0.333. The van der Waals surface area contributed by atoms with Crippen molar-refractivity contribution < 1.29 is 19.1 Å². The maximum absolute atomic E-state index is 12.9. The van der Waals surface area contributed by atoms with E-state index in [-0.39, 0.29) is 18.4 Å². The Morgan fingerprint density at radius 2 is 1.68 bits per heavy atom. The predicted octanol–water partition coefficient (Wildman–Crippen LogP) is 3.39. The van der Waals surface area contributed by atoms with Gasteiger partial charge in [-0.25, -0.2) is 0 Å². The highest BCUT2D eigenvalue weighted by Crippen LogP contribution is 2.18. The minimum Gasteiger partial charge on any atom is -0.497 e. The average Bonchev–Trinajstić information content (AvgIpc) is 2.73. The van der Waals surface area contributed by atoms with E-state index in [1.54, 1.807) is 31.2 Å². The van der Waals surface area contributed by atoms with Crippen molar-refractivity contribution >= 4 is 27.7 Å². The van der Waals surface area contributed by atoms with Gasteiger partial charge in [0.25, 0.3) is 5.91 Å². The van der Waals surface area contributed by atoms with E-state index < -0.39 is 6.04 Å². The largest absolute Gasteiger partial charge is 0.497 e. The fourth-order valence-electron chi connectivity index (χ4n) is 2.77. The second kappa shape index (κ2) is 10.7. The van der Waals surface area contributed by atoms with E-state index >= 15 is 0 Å². The summed E-state index contributed by atoms with van der Waals surface area (Å²) in [5.74, 6) is 0.870. The maximum atomic E-state index is 12.9. The van der Waals surface area contributed by atoms with E-state index in [0.29, 0.717) is 18.7 Å². The number of methoxy groups -OCH3 is 1. The molecule has 2 amide bonds. The van der Waals surface area contributed by atoms with Crippen LogP contribution in [0, 0.1) is 0 Å². The lowest BCUT2D eigenvalue weighted by atomic mass is 10.1. The zero-order valence-electron chi connectivity index (χ0n) is 16.3. The third-order valence-corrected chi connectivity index (χ3v) is 4.85. The molecule has 6 nitrogen and oxygen atoms in total. The summed E-state index contributed by atoms with van der Waals surface area (Å²) >= 11 is 3.36. The smallest absolute Gasteiger partial charge is 0.261 e. The Hall–Kier alpha value is -2.54. The van der Waals surface area contributed by atoms with Crippen molar-refractivity contribution in [3.63, 3.8) is 0 Å². The van der Waals surface area contributed by atoms with Crippen LogP contribution in [0.4, 0.5) is 0 Å². The summed E-state index contributed by atoms with van der Waals surface area (Å²) in [7, 11) is 3.17. The summed E-state index contributed by atoms with van der Waals surface area (Å²) in [6, 6.07) is 14.1. The molecule has 0 aliphatic rings. The molecule has 2 aromatic carbocycles. The first-order valence-electron chi connectivity index (χ1n) is 9.00. The lowest BCUT2D eigenvalue weighted by Crippen LogP contribution is -2.49. The van der Waals surface area contributed by atoms with Crippen molar-refractivity contribution in [2.75, 3.05) is 20.8 Å². The van der Waals surface area contributed by atoms with E-state index in [0.717, 1.165) is 15.8 Å². The molecule has 28 heavy (non-hydrogen) atoms. The minimum atomic E-state index is -0.576. The van der Waals surface area contributed by atoms with Crippen LogP contribution in [0.2, 0.25) is 0 Å². The lowest BCUT2D eigenvalue weighted by molar-refractivity contribution is -0.142. The van der Waals surface area contributed by atoms with Crippen LogP contribution in [0.15, 0.2) is 53.0 Å². The number of hydrogen-bond acceptors (Lipinski definition) is 4. The van der Waals surface area contributed by atoms with Crippen LogP contribution in [0.25, 0.3) is 0 Å². The maximum Gasteiger partial charge on any atom is 0.261 e. The highest BCUT2D eigenvalue weighted by molar-refractivity contribution is 9.10. The summed E-state index contributed by atoms with van der Waals surface area (Å²) in [6.07, 6.45) is 0.500. The van der Waals surface area contributed by atoms with Gasteiger partial charge >= 0.3 is 0 Å². The van der Waals surface area contributed by atoms with E-state index in [1.807, 2.05) is 43.3 Å². The van der Waals surface area contributed by atoms with Crippen LogP contribution in [0.3, 0.4) is 0 Å². The van der Waals surface area contributed by atoms with Gasteiger partial charge in [-0.05, 0) is 48.4 Å². The van der Waals surface area contributed by atoms with E-state index in [4.69, 9.17) is 9.47 Å². The Labute approximate surface area is 174 Å². The third-order valence-electron chi connectivity index (χ3n) is 4.32. The van der Waals surface area contributed by atoms with Gasteiger partial charge in [-0.3, -0.25) is 9.59 Å². The summed E-state index contributed by atoms with van der Waals surface area (Å²) in [5.41, 5.74) is 0.903. The van der Waals surface area contributed by atoms with E-state index in [1.165, 1.54) is 0 Å². The number of halogens is 1. The van der Waals surface area contributed by atoms with E-state index in [2.05, 4.69) is 21.2 Å². The Bertz CT molecular complexity index is 778. The molecule has 150 valence electrons. The second-order valence-electron chi connectivity index (χ2n) is 6.15. The molecular formula is C21H25BrN2O4. The van der Waals surface area contributed by atoms with Gasteiger partial charge in [0.05, 0.1) is 7.11 Å². The fourth-order valence-corrected chi connectivity index (χ4v) is 3.04. The number of nitrogens with one attached hydrogen (secondary N) is 1. The van der Waals surface area contributed by atoms with Crippen molar-refractivity contribution in [2.45, 2.75) is 25.9 Å². The first kappa shape index (κ1) is 21.8. The Kier molecular flexibility index (Phi) is 8.32. The lowest BCUT2D eigenvalue weighted by Gasteiger charge is -2.30. The van der Waals surface area contributed by atoms with Crippen molar-refractivity contribution in [3.8, 4) is 11.5 Å². The number of hydrogen-bond donors (Lipinski definition) is 1. The number of carbonyl (C=O) groups is 2.